The highest BCUT2D eigenvalue weighted by molar-refractivity contribution is 7.92. The highest BCUT2D eigenvalue weighted by atomic mass is 32.2. The number of aromatic amines is 1. The first-order valence-electron chi connectivity index (χ1n) is 10.2. The summed E-state index contributed by atoms with van der Waals surface area (Å²) in [6.07, 6.45) is 1.08. The Hall–Kier alpha value is -3.91. The molecule has 2 N–H and O–H groups in total. The fraction of sp³-hybridized carbons (Fsp3) is 0.120. The van der Waals surface area contributed by atoms with Crippen molar-refractivity contribution in [3.8, 4) is 33.9 Å². The Balaban J connectivity index is 1.96. The number of para-hydroxylation sites is 1. The molecule has 0 saturated heterocycles. The number of aryl methyl sites for hydroxylation is 1. The van der Waals surface area contributed by atoms with Crippen molar-refractivity contribution in [2.45, 2.75) is 13.8 Å². The van der Waals surface area contributed by atoms with Crippen molar-refractivity contribution in [1.29, 1.82) is 0 Å². The second-order valence-corrected chi connectivity index (χ2v) is 9.52. The lowest BCUT2D eigenvalue weighted by Gasteiger charge is -2.17. The Morgan fingerprint density at radius 3 is 2.30 bits per heavy atom. The van der Waals surface area contributed by atoms with Gasteiger partial charge >= 0.3 is 0 Å². The molecule has 0 bridgehead atoms. The Morgan fingerprint density at radius 1 is 0.939 bits per heavy atom. The summed E-state index contributed by atoms with van der Waals surface area (Å²) in [6, 6.07) is 22.0. The van der Waals surface area contributed by atoms with Gasteiger partial charge in [0.25, 0.3) is 5.56 Å². The molecule has 0 radical (unpaired) electrons. The van der Waals surface area contributed by atoms with Gasteiger partial charge in [-0.3, -0.25) is 9.52 Å². The van der Waals surface area contributed by atoms with Crippen LogP contribution in [-0.2, 0) is 10.0 Å². The summed E-state index contributed by atoms with van der Waals surface area (Å²) in [5, 5.41) is 6.90. The maximum absolute atomic E-state index is 12.5. The molecule has 0 unspecified atom stereocenters. The van der Waals surface area contributed by atoms with Crippen molar-refractivity contribution in [3.63, 3.8) is 0 Å². The first-order chi connectivity index (χ1) is 15.7. The molecule has 0 fully saturated rings. The molecule has 7 nitrogen and oxygen atoms in total. The summed E-state index contributed by atoms with van der Waals surface area (Å²) >= 11 is 0. The number of nitrogens with zero attached hydrogens (tertiary/aromatic N) is 1. The van der Waals surface area contributed by atoms with Crippen molar-refractivity contribution >= 4 is 15.7 Å². The van der Waals surface area contributed by atoms with E-state index >= 15 is 0 Å². The molecular weight excluding hydrogens is 438 g/mol. The van der Waals surface area contributed by atoms with Crippen LogP contribution < -0.4 is 15.0 Å². The first kappa shape index (κ1) is 22.3. The number of H-pyrrole nitrogens is 1. The van der Waals surface area contributed by atoms with Crippen LogP contribution in [0.2, 0.25) is 0 Å². The van der Waals surface area contributed by atoms with Crippen LogP contribution in [0, 0.1) is 13.8 Å². The molecule has 4 rings (SSSR count). The molecule has 0 spiro atoms. The van der Waals surface area contributed by atoms with Crippen LogP contribution in [0.5, 0.6) is 11.5 Å². The summed E-state index contributed by atoms with van der Waals surface area (Å²) in [4.78, 5) is 12.5. The van der Waals surface area contributed by atoms with Gasteiger partial charge in [-0.05, 0) is 49.7 Å². The Kier molecular flexibility index (Phi) is 6.02. The predicted molar refractivity (Wildman–Crippen MR) is 130 cm³/mol. The predicted octanol–water partition coefficient (Wildman–Crippen LogP) is 4.88. The summed E-state index contributed by atoms with van der Waals surface area (Å²) in [5.74, 6) is 1.08. The summed E-state index contributed by atoms with van der Waals surface area (Å²) in [5.41, 5.74) is 4.10. The second-order valence-electron chi connectivity index (χ2n) is 7.77. The zero-order chi connectivity index (χ0) is 23.6. The first-order valence-corrected chi connectivity index (χ1v) is 12.1. The van der Waals surface area contributed by atoms with Crippen molar-refractivity contribution < 1.29 is 13.2 Å². The minimum absolute atomic E-state index is 0.301. The molecule has 33 heavy (non-hydrogen) atoms. The fourth-order valence-corrected chi connectivity index (χ4v) is 4.06. The maximum Gasteiger partial charge on any atom is 0.267 e. The van der Waals surface area contributed by atoms with Gasteiger partial charge in [0.05, 0.1) is 6.26 Å². The van der Waals surface area contributed by atoms with Crippen LogP contribution in [0.1, 0.15) is 11.1 Å². The van der Waals surface area contributed by atoms with Gasteiger partial charge in [-0.1, -0.05) is 48.0 Å². The monoisotopic (exact) mass is 461 g/mol. The van der Waals surface area contributed by atoms with Crippen molar-refractivity contribution in [1.82, 2.24) is 10.2 Å². The van der Waals surface area contributed by atoms with Gasteiger partial charge in [0, 0.05) is 22.4 Å². The van der Waals surface area contributed by atoms with Gasteiger partial charge < -0.3 is 4.74 Å². The molecule has 1 heterocycles. The topological polar surface area (TPSA) is 101 Å². The van der Waals surface area contributed by atoms with Gasteiger partial charge in [-0.15, -0.1) is 0 Å². The van der Waals surface area contributed by atoms with Crippen LogP contribution in [0.3, 0.4) is 0 Å². The largest absolute Gasteiger partial charge is 0.457 e. The Bertz CT molecular complexity index is 1460. The molecule has 0 amide bonds. The lowest BCUT2D eigenvalue weighted by molar-refractivity contribution is 0.484. The number of benzene rings is 3. The number of hydrogen-bond donors (Lipinski definition) is 2. The number of hydrogen-bond acceptors (Lipinski definition) is 5. The van der Waals surface area contributed by atoms with E-state index in [9.17, 15) is 13.2 Å². The van der Waals surface area contributed by atoms with E-state index in [0.29, 0.717) is 39.6 Å². The Labute approximate surface area is 192 Å². The number of aromatic nitrogens is 2. The number of anilines is 1. The van der Waals surface area contributed by atoms with Crippen LogP contribution in [0.4, 0.5) is 5.69 Å². The molecular formula is C25H23N3O4S. The molecule has 1 aromatic heterocycles. The maximum atomic E-state index is 12.5. The zero-order valence-electron chi connectivity index (χ0n) is 18.4. The van der Waals surface area contributed by atoms with Gasteiger partial charge in [-0.2, -0.15) is 5.10 Å². The van der Waals surface area contributed by atoms with Crippen LogP contribution >= 0.6 is 0 Å². The number of rotatable bonds is 6. The minimum Gasteiger partial charge on any atom is -0.457 e. The smallest absolute Gasteiger partial charge is 0.267 e. The molecule has 0 aliphatic rings. The highest BCUT2D eigenvalue weighted by Gasteiger charge is 2.20. The van der Waals surface area contributed by atoms with Gasteiger partial charge in [0.15, 0.2) is 0 Å². The molecule has 4 aromatic rings. The second kappa shape index (κ2) is 8.91. The average Bonchev–Trinajstić information content (AvgIpc) is 2.77. The van der Waals surface area contributed by atoms with Crippen molar-refractivity contribution in [2.24, 2.45) is 0 Å². The van der Waals surface area contributed by atoms with Crippen LogP contribution in [-0.4, -0.2) is 24.9 Å². The lowest BCUT2D eigenvalue weighted by Crippen LogP contribution is -2.14. The highest BCUT2D eigenvalue weighted by Crippen LogP contribution is 2.40. The van der Waals surface area contributed by atoms with Gasteiger partial charge in [0.1, 0.15) is 17.2 Å². The number of ether oxygens (including phenoxy) is 1. The average molecular weight is 462 g/mol. The SMILES string of the molecule is Cc1ccc(-c2c(-c3cc(NS(C)(=O)=O)ccc3Oc3ccccc3)n[nH]c(=O)c2C)cc1. The molecule has 0 aliphatic carbocycles. The summed E-state index contributed by atoms with van der Waals surface area (Å²) in [7, 11) is -3.50. The van der Waals surface area contributed by atoms with E-state index in [4.69, 9.17) is 4.74 Å². The van der Waals surface area contributed by atoms with Crippen LogP contribution in [0.15, 0.2) is 77.6 Å². The van der Waals surface area contributed by atoms with Gasteiger partial charge in [-0.25, -0.2) is 13.5 Å². The third-order valence-electron chi connectivity index (χ3n) is 5.07. The van der Waals surface area contributed by atoms with E-state index in [1.807, 2.05) is 61.5 Å². The van der Waals surface area contributed by atoms with E-state index in [1.54, 1.807) is 25.1 Å². The van der Waals surface area contributed by atoms with Crippen molar-refractivity contribution in [3.05, 3.63) is 94.3 Å². The molecule has 168 valence electrons. The molecule has 0 atom stereocenters. The summed E-state index contributed by atoms with van der Waals surface area (Å²) < 4.78 is 32.3. The van der Waals surface area contributed by atoms with E-state index in [-0.39, 0.29) is 5.56 Å². The standard InChI is InChI=1S/C25H23N3O4S/c1-16-9-11-18(12-10-16)23-17(2)25(29)27-26-24(23)21-15-19(28-33(3,30)31)13-14-22(21)32-20-7-5-4-6-8-20/h4-15,28H,1-3H3,(H,27,29). The Morgan fingerprint density at radius 2 is 1.64 bits per heavy atom. The molecule has 0 saturated carbocycles. The van der Waals surface area contributed by atoms with E-state index in [2.05, 4.69) is 14.9 Å². The van der Waals surface area contributed by atoms with Gasteiger partial charge in [0.2, 0.25) is 10.0 Å². The fourth-order valence-electron chi connectivity index (χ4n) is 3.50. The van der Waals surface area contributed by atoms with Crippen LogP contribution in [0.25, 0.3) is 22.4 Å². The molecule has 8 heteroatoms. The minimum atomic E-state index is -3.50. The van der Waals surface area contributed by atoms with E-state index in [1.165, 1.54) is 0 Å². The zero-order valence-corrected chi connectivity index (χ0v) is 19.2. The van der Waals surface area contributed by atoms with E-state index in [0.717, 1.165) is 17.4 Å². The third kappa shape index (κ3) is 5.12. The van der Waals surface area contributed by atoms with Crippen molar-refractivity contribution in [2.75, 3.05) is 11.0 Å². The quantitative estimate of drug-likeness (QED) is 0.426. The van der Waals surface area contributed by atoms with E-state index < -0.39 is 10.0 Å². The molecule has 0 aliphatic heterocycles. The summed E-state index contributed by atoms with van der Waals surface area (Å²) in [6.45, 7) is 3.72. The third-order valence-corrected chi connectivity index (χ3v) is 5.68. The lowest BCUT2D eigenvalue weighted by atomic mass is 9.95. The number of nitrogens with one attached hydrogen (secondary N) is 2. The number of sulfonamides is 1. The normalized spacial score (nSPS) is 11.2. The molecule has 3 aromatic carbocycles.